The summed E-state index contributed by atoms with van der Waals surface area (Å²) in [7, 11) is 0. The number of nitrogens with one attached hydrogen (secondary N) is 1. The van der Waals surface area contributed by atoms with Gasteiger partial charge in [0.15, 0.2) is 5.75 Å². The Bertz CT molecular complexity index is 531. The van der Waals surface area contributed by atoms with Gasteiger partial charge in [-0.1, -0.05) is 31.2 Å². The summed E-state index contributed by atoms with van der Waals surface area (Å²) in [5.74, 6) is 0.817. The van der Waals surface area contributed by atoms with Crippen LogP contribution in [-0.4, -0.2) is 16.3 Å². The molecular formula is C17H25N3O. The van der Waals surface area contributed by atoms with Gasteiger partial charge in [-0.3, -0.25) is 4.68 Å². The van der Waals surface area contributed by atoms with E-state index in [9.17, 15) is 0 Å². The van der Waals surface area contributed by atoms with Crippen LogP contribution in [0.15, 0.2) is 36.7 Å². The predicted octanol–water partition coefficient (Wildman–Crippen LogP) is 3.54. The lowest BCUT2D eigenvalue weighted by Gasteiger charge is -2.07. The fraction of sp³-hybridized carbons (Fsp3) is 0.471. The van der Waals surface area contributed by atoms with Crippen molar-refractivity contribution in [1.82, 2.24) is 15.1 Å². The maximum Gasteiger partial charge on any atom is 0.157 e. The monoisotopic (exact) mass is 287 g/mol. The molecular weight excluding hydrogens is 262 g/mol. The van der Waals surface area contributed by atoms with E-state index < -0.39 is 0 Å². The smallest absolute Gasteiger partial charge is 0.157 e. The molecule has 1 aromatic carbocycles. The standard InChI is InChI=1S/C17H25N3O/c1-4-9-18-10-15-5-7-16(8-6-15)13-21-17-11-19-20(12-17)14(2)3/h5-8,11-12,14,18H,4,9-10,13H2,1-3H3. The lowest BCUT2D eigenvalue weighted by atomic mass is 10.1. The van der Waals surface area contributed by atoms with E-state index in [0.29, 0.717) is 12.6 Å². The van der Waals surface area contributed by atoms with Crippen LogP contribution >= 0.6 is 0 Å². The van der Waals surface area contributed by atoms with Crippen molar-refractivity contribution >= 4 is 0 Å². The van der Waals surface area contributed by atoms with E-state index >= 15 is 0 Å². The zero-order valence-electron chi connectivity index (χ0n) is 13.2. The van der Waals surface area contributed by atoms with Crippen LogP contribution in [0, 0.1) is 0 Å². The van der Waals surface area contributed by atoms with E-state index in [0.717, 1.165) is 25.3 Å². The molecule has 2 rings (SSSR count). The quantitative estimate of drug-likeness (QED) is 0.755. The molecule has 0 radical (unpaired) electrons. The van der Waals surface area contributed by atoms with Gasteiger partial charge in [0.2, 0.25) is 0 Å². The van der Waals surface area contributed by atoms with Crippen molar-refractivity contribution in [3.8, 4) is 5.75 Å². The predicted molar refractivity (Wildman–Crippen MR) is 85.4 cm³/mol. The van der Waals surface area contributed by atoms with Gasteiger partial charge in [0.05, 0.1) is 12.4 Å². The van der Waals surface area contributed by atoms with Crippen LogP contribution in [-0.2, 0) is 13.2 Å². The van der Waals surface area contributed by atoms with Crippen molar-refractivity contribution in [2.75, 3.05) is 6.54 Å². The first-order chi connectivity index (χ1) is 10.2. The van der Waals surface area contributed by atoms with Crippen molar-refractivity contribution in [2.45, 2.75) is 46.4 Å². The molecule has 114 valence electrons. The molecule has 1 heterocycles. The molecule has 2 aromatic rings. The summed E-state index contributed by atoms with van der Waals surface area (Å²) in [6.45, 7) is 8.94. The molecule has 0 aliphatic heterocycles. The number of rotatable bonds is 8. The maximum absolute atomic E-state index is 5.76. The summed E-state index contributed by atoms with van der Waals surface area (Å²) in [4.78, 5) is 0. The van der Waals surface area contributed by atoms with E-state index in [1.807, 2.05) is 10.9 Å². The average molecular weight is 287 g/mol. The van der Waals surface area contributed by atoms with E-state index in [2.05, 4.69) is 55.5 Å². The molecule has 0 aliphatic rings. The molecule has 0 aliphatic carbocycles. The van der Waals surface area contributed by atoms with Gasteiger partial charge in [0, 0.05) is 12.6 Å². The lowest BCUT2D eigenvalue weighted by Crippen LogP contribution is -2.13. The highest BCUT2D eigenvalue weighted by Crippen LogP contribution is 2.14. The minimum atomic E-state index is 0.359. The Kier molecular flexibility index (Phi) is 5.81. The number of aromatic nitrogens is 2. The third-order valence-corrected chi connectivity index (χ3v) is 3.29. The number of hydrogen-bond acceptors (Lipinski definition) is 3. The van der Waals surface area contributed by atoms with E-state index in [4.69, 9.17) is 4.74 Å². The Balaban J connectivity index is 1.82. The van der Waals surface area contributed by atoms with Gasteiger partial charge < -0.3 is 10.1 Å². The average Bonchev–Trinajstić information content (AvgIpc) is 2.96. The van der Waals surface area contributed by atoms with E-state index in [1.54, 1.807) is 6.20 Å². The Morgan fingerprint density at radius 2 is 1.90 bits per heavy atom. The fourth-order valence-electron chi connectivity index (χ4n) is 2.01. The zero-order valence-corrected chi connectivity index (χ0v) is 13.2. The summed E-state index contributed by atoms with van der Waals surface area (Å²) < 4.78 is 7.66. The normalized spacial score (nSPS) is 11.0. The molecule has 4 heteroatoms. The third-order valence-electron chi connectivity index (χ3n) is 3.29. The molecule has 0 saturated heterocycles. The third kappa shape index (κ3) is 4.90. The first kappa shape index (κ1) is 15.6. The Labute approximate surface area is 127 Å². The Hall–Kier alpha value is -1.81. The maximum atomic E-state index is 5.76. The molecule has 0 saturated carbocycles. The molecule has 0 unspecified atom stereocenters. The summed E-state index contributed by atoms with van der Waals surface area (Å²) in [6, 6.07) is 8.90. The molecule has 0 fully saturated rings. The van der Waals surface area contributed by atoms with Crippen LogP contribution in [0.4, 0.5) is 0 Å². The van der Waals surface area contributed by atoms with Crippen molar-refractivity contribution in [3.63, 3.8) is 0 Å². The van der Waals surface area contributed by atoms with Crippen molar-refractivity contribution < 1.29 is 4.74 Å². The summed E-state index contributed by atoms with van der Waals surface area (Å²) in [5.41, 5.74) is 2.48. The van der Waals surface area contributed by atoms with Gasteiger partial charge in [0.25, 0.3) is 0 Å². The van der Waals surface area contributed by atoms with Gasteiger partial charge in [-0.05, 0) is 37.9 Å². The van der Waals surface area contributed by atoms with Crippen LogP contribution in [0.25, 0.3) is 0 Å². The van der Waals surface area contributed by atoms with Crippen LogP contribution < -0.4 is 10.1 Å². The van der Waals surface area contributed by atoms with Crippen molar-refractivity contribution in [3.05, 3.63) is 47.8 Å². The topological polar surface area (TPSA) is 39.1 Å². The summed E-state index contributed by atoms with van der Waals surface area (Å²) >= 11 is 0. The second-order valence-electron chi connectivity index (χ2n) is 5.53. The molecule has 0 spiro atoms. The molecule has 21 heavy (non-hydrogen) atoms. The largest absolute Gasteiger partial charge is 0.486 e. The molecule has 4 nitrogen and oxygen atoms in total. The SMILES string of the molecule is CCCNCc1ccc(COc2cnn(C(C)C)c2)cc1. The molecule has 1 N–H and O–H groups in total. The van der Waals surface area contributed by atoms with Crippen LogP contribution in [0.5, 0.6) is 5.75 Å². The second-order valence-corrected chi connectivity index (χ2v) is 5.53. The van der Waals surface area contributed by atoms with Crippen molar-refractivity contribution in [2.24, 2.45) is 0 Å². The number of ether oxygens (including phenoxy) is 1. The van der Waals surface area contributed by atoms with Gasteiger partial charge >= 0.3 is 0 Å². The Morgan fingerprint density at radius 3 is 2.52 bits per heavy atom. The molecule has 0 bridgehead atoms. The first-order valence-electron chi connectivity index (χ1n) is 7.64. The number of nitrogens with zero attached hydrogens (tertiary/aromatic N) is 2. The second kappa shape index (κ2) is 7.84. The van der Waals surface area contributed by atoms with E-state index in [-0.39, 0.29) is 0 Å². The van der Waals surface area contributed by atoms with Crippen LogP contribution in [0.3, 0.4) is 0 Å². The highest BCUT2D eigenvalue weighted by atomic mass is 16.5. The van der Waals surface area contributed by atoms with E-state index in [1.165, 1.54) is 11.1 Å². The summed E-state index contributed by atoms with van der Waals surface area (Å²) in [6.07, 6.45) is 4.87. The fourth-order valence-corrected chi connectivity index (χ4v) is 2.01. The van der Waals surface area contributed by atoms with Gasteiger partial charge in [-0.2, -0.15) is 5.10 Å². The first-order valence-corrected chi connectivity index (χ1v) is 7.64. The van der Waals surface area contributed by atoms with Gasteiger partial charge in [0.1, 0.15) is 6.61 Å². The van der Waals surface area contributed by atoms with Gasteiger partial charge in [-0.25, -0.2) is 0 Å². The highest BCUT2D eigenvalue weighted by molar-refractivity contribution is 5.23. The number of hydrogen-bond donors (Lipinski definition) is 1. The van der Waals surface area contributed by atoms with Gasteiger partial charge in [-0.15, -0.1) is 0 Å². The van der Waals surface area contributed by atoms with Crippen LogP contribution in [0.2, 0.25) is 0 Å². The lowest BCUT2D eigenvalue weighted by molar-refractivity contribution is 0.305. The Morgan fingerprint density at radius 1 is 1.19 bits per heavy atom. The molecule has 0 atom stereocenters. The molecule has 1 aromatic heterocycles. The zero-order chi connectivity index (χ0) is 15.1. The minimum Gasteiger partial charge on any atom is -0.486 e. The summed E-state index contributed by atoms with van der Waals surface area (Å²) in [5, 5.41) is 7.67. The number of benzene rings is 1. The van der Waals surface area contributed by atoms with Crippen LogP contribution in [0.1, 0.15) is 44.4 Å². The highest BCUT2D eigenvalue weighted by Gasteiger charge is 2.03. The molecule has 0 amide bonds. The minimum absolute atomic E-state index is 0.359. The van der Waals surface area contributed by atoms with Crippen molar-refractivity contribution in [1.29, 1.82) is 0 Å².